The molecule has 7 heteroatoms. The first-order valence-corrected chi connectivity index (χ1v) is 5.73. The predicted molar refractivity (Wildman–Crippen MR) is 69.6 cm³/mol. The highest BCUT2D eigenvalue weighted by Gasteiger charge is 2.18. The van der Waals surface area contributed by atoms with Gasteiger partial charge in [-0.1, -0.05) is 0 Å². The lowest BCUT2D eigenvalue weighted by Crippen LogP contribution is -2.18. The molecule has 104 valence electrons. The van der Waals surface area contributed by atoms with E-state index >= 15 is 0 Å². The summed E-state index contributed by atoms with van der Waals surface area (Å²) < 4.78 is 4.93. The zero-order valence-corrected chi connectivity index (χ0v) is 10.8. The van der Waals surface area contributed by atoms with Crippen molar-refractivity contribution in [2.24, 2.45) is 0 Å². The molecule has 0 heterocycles. The Bertz CT molecular complexity index is 475. The van der Waals surface area contributed by atoms with Crippen LogP contribution in [0.3, 0.4) is 0 Å². The van der Waals surface area contributed by atoms with Gasteiger partial charge in [0.25, 0.3) is 5.69 Å². The molecule has 0 aliphatic carbocycles. The number of nitrogens with zero attached hydrogens (tertiary/aromatic N) is 1. The molecule has 1 atom stereocenters. The van der Waals surface area contributed by atoms with Crippen LogP contribution in [0.5, 0.6) is 0 Å². The Hall–Kier alpha value is -2.15. The van der Waals surface area contributed by atoms with Gasteiger partial charge < -0.3 is 15.2 Å². The average Bonchev–Trinajstić information content (AvgIpc) is 2.36. The molecule has 0 radical (unpaired) electrons. The first kappa shape index (κ1) is 14.9. The minimum absolute atomic E-state index is 0.0191. The second-order valence-electron chi connectivity index (χ2n) is 4.12. The first-order valence-electron chi connectivity index (χ1n) is 5.73. The van der Waals surface area contributed by atoms with E-state index in [0.29, 0.717) is 18.7 Å². The Labute approximate surface area is 110 Å². The number of benzene rings is 1. The maximum Gasteiger partial charge on any atom is 0.335 e. The molecule has 1 rings (SSSR count). The molecular formula is C12H16N2O5. The maximum atomic E-state index is 10.9. The van der Waals surface area contributed by atoms with E-state index in [2.05, 4.69) is 5.32 Å². The van der Waals surface area contributed by atoms with E-state index in [1.165, 1.54) is 12.1 Å². The van der Waals surface area contributed by atoms with E-state index in [4.69, 9.17) is 9.84 Å². The molecule has 0 aliphatic rings. The summed E-state index contributed by atoms with van der Waals surface area (Å²) in [5.41, 5.74) is -0.0513. The predicted octanol–water partition coefficient (Wildman–Crippen LogP) is 2.13. The second kappa shape index (κ2) is 6.69. The molecule has 0 saturated heterocycles. The topological polar surface area (TPSA) is 102 Å². The van der Waals surface area contributed by atoms with Crippen LogP contribution in [0.15, 0.2) is 18.2 Å². The first-order chi connectivity index (χ1) is 8.95. The van der Waals surface area contributed by atoms with Crippen LogP contribution in [0.1, 0.15) is 23.7 Å². The highest BCUT2D eigenvalue weighted by molar-refractivity contribution is 5.89. The highest BCUT2D eigenvalue weighted by atomic mass is 16.6. The maximum absolute atomic E-state index is 10.9. The summed E-state index contributed by atoms with van der Waals surface area (Å²) in [6.07, 6.45) is 0.689. The van der Waals surface area contributed by atoms with E-state index in [1.807, 2.05) is 6.92 Å². The largest absolute Gasteiger partial charge is 0.478 e. The molecule has 0 bridgehead atoms. The van der Waals surface area contributed by atoms with Crippen LogP contribution in [-0.4, -0.2) is 35.8 Å². The van der Waals surface area contributed by atoms with E-state index in [-0.39, 0.29) is 17.3 Å². The molecule has 0 saturated carbocycles. The number of aromatic carboxylic acids is 1. The van der Waals surface area contributed by atoms with Crippen molar-refractivity contribution in [1.29, 1.82) is 0 Å². The number of rotatable bonds is 7. The number of carboxylic acids is 1. The van der Waals surface area contributed by atoms with Gasteiger partial charge in [-0.05, 0) is 25.5 Å². The number of methoxy groups -OCH3 is 1. The highest BCUT2D eigenvalue weighted by Crippen LogP contribution is 2.26. The van der Waals surface area contributed by atoms with Crippen molar-refractivity contribution in [3.63, 3.8) is 0 Å². The molecule has 0 amide bonds. The fraction of sp³-hybridized carbons (Fsp3) is 0.417. The minimum atomic E-state index is -1.19. The van der Waals surface area contributed by atoms with E-state index in [9.17, 15) is 14.9 Å². The van der Waals surface area contributed by atoms with Gasteiger partial charge in [0.05, 0.1) is 10.5 Å². The normalized spacial score (nSPS) is 11.9. The number of hydrogen-bond donors (Lipinski definition) is 2. The van der Waals surface area contributed by atoms with Crippen LogP contribution in [0, 0.1) is 10.1 Å². The van der Waals surface area contributed by atoms with Gasteiger partial charge in [-0.2, -0.15) is 0 Å². The second-order valence-corrected chi connectivity index (χ2v) is 4.12. The summed E-state index contributed by atoms with van der Waals surface area (Å²) in [6.45, 7) is 2.41. The van der Waals surface area contributed by atoms with E-state index in [0.717, 1.165) is 6.07 Å². The van der Waals surface area contributed by atoms with Crippen LogP contribution < -0.4 is 5.32 Å². The van der Waals surface area contributed by atoms with Crippen molar-refractivity contribution in [2.75, 3.05) is 19.0 Å². The summed E-state index contributed by atoms with van der Waals surface area (Å²) in [5.74, 6) is -1.19. The van der Waals surface area contributed by atoms with Gasteiger partial charge in [0.2, 0.25) is 0 Å². The monoisotopic (exact) mass is 268 g/mol. The number of hydrogen-bond acceptors (Lipinski definition) is 5. The zero-order chi connectivity index (χ0) is 14.4. The number of ether oxygens (including phenoxy) is 1. The molecule has 1 aromatic rings. The van der Waals surface area contributed by atoms with Crippen molar-refractivity contribution in [3.05, 3.63) is 33.9 Å². The Balaban J connectivity index is 2.94. The molecule has 0 aromatic heterocycles. The molecule has 2 N–H and O–H groups in total. The third kappa shape index (κ3) is 4.22. The Morgan fingerprint density at radius 3 is 2.79 bits per heavy atom. The van der Waals surface area contributed by atoms with Crippen molar-refractivity contribution in [3.8, 4) is 0 Å². The van der Waals surface area contributed by atoms with Crippen molar-refractivity contribution >= 4 is 17.3 Å². The Kier molecular flexibility index (Phi) is 5.25. The van der Waals surface area contributed by atoms with Crippen molar-refractivity contribution < 1.29 is 19.6 Å². The summed E-state index contributed by atoms with van der Waals surface area (Å²) in [4.78, 5) is 21.1. The van der Waals surface area contributed by atoms with Crippen molar-refractivity contribution in [1.82, 2.24) is 0 Å². The smallest absolute Gasteiger partial charge is 0.335 e. The summed E-state index contributed by atoms with van der Waals surface area (Å²) in [6, 6.07) is 3.77. The van der Waals surface area contributed by atoms with Crippen LogP contribution in [0.2, 0.25) is 0 Å². The standard InChI is InChI=1S/C12H16N2O5/c1-8(5-6-19-2)13-10-4-3-9(12(15)16)7-11(10)14(17)18/h3-4,7-8,13H,5-6H2,1-2H3,(H,15,16). The summed E-state index contributed by atoms with van der Waals surface area (Å²) in [5, 5.41) is 22.7. The van der Waals surface area contributed by atoms with Crippen molar-refractivity contribution in [2.45, 2.75) is 19.4 Å². The number of nitrogens with one attached hydrogen (secondary N) is 1. The number of nitro benzene ring substituents is 1. The van der Waals surface area contributed by atoms with Gasteiger partial charge in [-0.15, -0.1) is 0 Å². The number of anilines is 1. The SMILES string of the molecule is COCCC(C)Nc1ccc(C(=O)O)cc1[N+](=O)[O-]. The lowest BCUT2D eigenvalue weighted by atomic mass is 10.1. The Morgan fingerprint density at radius 1 is 1.58 bits per heavy atom. The van der Waals surface area contributed by atoms with Crippen LogP contribution in [-0.2, 0) is 4.74 Å². The zero-order valence-electron chi connectivity index (χ0n) is 10.8. The molecule has 1 unspecified atom stereocenters. The summed E-state index contributed by atoms with van der Waals surface area (Å²) >= 11 is 0. The summed E-state index contributed by atoms with van der Waals surface area (Å²) in [7, 11) is 1.58. The van der Waals surface area contributed by atoms with Crippen LogP contribution >= 0.6 is 0 Å². The van der Waals surface area contributed by atoms with Gasteiger partial charge in [0.1, 0.15) is 5.69 Å². The van der Waals surface area contributed by atoms with Gasteiger partial charge in [-0.3, -0.25) is 10.1 Å². The lowest BCUT2D eigenvalue weighted by molar-refractivity contribution is -0.384. The van der Waals surface area contributed by atoms with Gasteiger partial charge >= 0.3 is 5.97 Å². The fourth-order valence-electron chi connectivity index (χ4n) is 1.57. The number of nitro groups is 1. The van der Waals surface area contributed by atoms with Gasteiger partial charge in [0, 0.05) is 25.8 Å². The van der Waals surface area contributed by atoms with Crippen LogP contribution in [0.25, 0.3) is 0 Å². The van der Waals surface area contributed by atoms with Gasteiger partial charge in [-0.25, -0.2) is 4.79 Å². The third-order valence-electron chi connectivity index (χ3n) is 2.60. The number of carboxylic acid groups (broad SMARTS) is 1. The number of carbonyl (C=O) groups is 1. The molecule has 7 nitrogen and oxygen atoms in total. The average molecular weight is 268 g/mol. The molecule has 19 heavy (non-hydrogen) atoms. The lowest BCUT2D eigenvalue weighted by Gasteiger charge is -2.14. The molecular weight excluding hydrogens is 252 g/mol. The quantitative estimate of drug-likeness (QED) is 0.580. The molecule has 1 aromatic carbocycles. The third-order valence-corrected chi connectivity index (χ3v) is 2.60. The van der Waals surface area contributed by atoms with Crippen LogP contribution in [0.4, 0.5) is 11.4 Å². The van der Waals surface area contributed by atoms with Gasteiger partial charge in [0.15, 0.2) is 0 Å². The van der Waals surface area contributed by atoms with E-state index < -0.39 is 10.9 Å². The molecule has 0 spiro atoms. The minimum Gasteiger partial charge on any atom is -0.478 e. The molecule has 0 aliphatic heterocycles. The van der Waals surface area contributed by atoms with E-state index in [1.54, 1.807) is 7.11 Å². The Morgan fingerprint density at radius 2 is 2.26 bits per heavy atom. The fourth-order valence-corrected chi connectivity index (χ4v) is 1.57. The molecule has 0 fully saturated rings.